The quantitative estimate of drug-likeness (QED) is 0.706. The summed E-state index contributed by atoms with van der Waals surface area (Å²) in [6.07, 6.45) is 3.12. The third-order valence-corrected chi connectivity index (χ3v) is 2.04. The van der Waals surface area contributed by atoms with Crippen molar-refractivity contribution in [2.45, 2.75) is 27.2 Å². The fourth-order valence-electron chi connectivity index (χ4n) is 1.08. The van der Waals surface area contributed by atoms with Crippen molar-refractivity contribution >= 4 is 11.6 Å². The average molecular weight is 206 g/mol. The second-order valence-electron chi connectivity index (χ2n) is 3.58. The fourth-order valence-corrected chi connectivity index (χ4v) is 1.08. The lowest BCUT2D eigenvalue weighted by Gasteiger charge is -2.02. The van der Waals surface area contributed by atoms with E-state index >= 15 is 0 Å². The summed E-state index contributed by atoms with van der Waals surface area (Å²) in [6, 6.07) is 0. The molecule has 1 rings (SSSR count). The smallest absolute Gasteiger partial charge is 0.185 e. The predicted molar refractivity (Wildman–Crippen MR) is 55.8 cm³/mol. The minimum absolute atomic E-state index is 0.0574. The number of hydrogen-bond acceptors (Lipinski definition) is 4. The Kier molecular flexibility index (Phi) is 3.66. The number of hydrogen-bond donors (Lipinski definition) is 0. The molecule has 1 aromatic rings. The van der Waals surface area contributed by atoms with E-state index in [1.54, 1.807) is 20.8 Å². The Morgan fingerprint density at radius 3 is 2.13 bits per heavy atom. The second kappa shape index (κ2) is 4.77. The molecule has 1 aromatic heterocycles. The van der Waals surface area contributed by atoms with Gasteiger partial charge in [-0.15, -0.1) is 0 Å². The van der Waals surface area contributed by atoms with E-state index in [1.807, 2.05) is 0 Å². The zero-order chi connectivity index (χ0) is 11.4. The first-order valence-electron chi connectivity index (χ1n) is 4.95. The van der Waals surface area contributed by atoms with Gasteiger partial charge in [0.25, 0.3) is 0 Å². The van der Waals surface area contributed by atoms with E-state index in [0.29, 0.717) is 17.8 Å². The van der Waals surface area contributed by atoms with Gasteiger partial charge in [-0.2, -0.15) is 0 Å². The molecule has 0 fully saturated rings. The predicted octanol–water partition coefficient (Wildman–Crippen LogP) is 1.91. The highest BCUT2D eigenvalue weighted by Crippen LogP contribution is 2.05. The van der Waals surface area contributed by atoms with Gasteiger partial charge >= 0.3 is 0 Å². The highest BCUT2D eigenvalue weighted by Gasteiger charge is 2.13. The number of rotatable bonds is 4. The number of Topliss-reactive ketones (excluding diaryl/α,β-unsaturated/α-hetero) is 2. The number of ketones is 2. The van der Waals surface area contributed by atoms with Crippen LogP contribution in [0.3, 0.4) is 0 Å². The maximum atomic E-state index is 11.5. The molecule has 0 amide bonds. The van der Waals surface area contributed by atoms with Crippen LogP contribution in [0.4, 0.5) is 0 Å². The molecule has 0 saturated heterocycles. The molecule has 0 atom stereocenters. The van der Waals surface area contributed by atoms with Crippen molar-refractivity contribution in [2.75, 3.05) is 0 Å². The molecule has 0 radical (unpaired) electrons. The molecule has 0 bridgehead atoms. The summed E-state index contributed by atoms with van der Waals surface area (Å²) in [7, 11) is 0. The van der Waals surface area contributed by atoms with Crippen LogP contribution >= 0.6 is 0 Å². The highest BCUT2D eigenvalue weighted by atomic mass is 16.1. The van der Waals surface area contributed by atoms with Crippen LogP contribution < -0.4 is 0 Å². The monoisotopic (exact) mass is 206 g/mol. The molecule has 0 spiro atoms. The van der Waals surface area contributed by atoms with Crippen LogP contribution in [0.1, 0.15) is 48.2 Å². The number of carbonyl (C=O) groups excluding carboxylic acids is 2. The Bertz CT molecular complexity index is 369. The molecule has 0 aliphatic rings. The molecule has 4 heteroatoms. The van der Waals surface area contributed by atoms with Gasteiger partial charge in [0.15, 0.2) is 11.6 Å². The van der Waals surface area contributed by atoms with Crippen LogP contribution in [0.5, 0.6) is 0 Å². The van der Waals surface area contributed by atoms with Crippen LogP contribution in [-0.2, 0) is 0 Å². The standard InChI is InChI=1S/C11H14N2O2/c1-4-10(14)8-5-13-9(6-12-8)11(15)7(2)3/h5-7H,4H2,1-3H3. The third kappa shape index (κ3) is 2.68. The fraction of sp³-hybridized carbons (Fsp3) is 0.455. The zero-order valence-electron chi connectivity index (χ0n) is 9.15. The van der Waals surface area contributed by atoms with Crippen molar-refractivity contribution in [3.8, 4) is 0 Å². The van der Waals surface area contributed by atoms with Crippen molar-refractivity contribution in [1.82, 2.24) is 9.97 Å². The van der Waals surface area contributed by atoms with Crippen molar-refractivity contribution in [3.63, 3.8) is 0 Å². The lowest BCUT2D eigenvalue weighted by Crippen LogP contribution is -2.11. The van der Waals surface area contributed by atoms with Crippen molar-refractivity contribution in [2.24, 2.45) is 5.92 Å². The molecule has 0 N–H and O–H groups in total. The Labute approximate surface area is 88.7 Å². The van der Waals surface area contributed by atoms with E-state index in [-0.39, 0.29) is 17.5 Å². The van der Waals surface area contributed by atoms with Gasteiger partial charge in [-0.25, -0.2) is 9.97 Å². The number of nitrogens with zero attached hydrogens (tertiary/aromatic N) is 2. The van der Waals surface area contributed by atoms with Gasteiger partial charge in [0, 0.05) is 12.3 Å². The number of aromatic nitrogens is 2. The summed E-state index contributed by atoms with van der Waals surface area (Å²) < 4.78 is 0. The van der Waals surface area contributed by atoms with Gasteiger partial charge < -0.3 is 0 Å². The van der Waals surface area contributed by atoms with E-state index in [0.717, 1.165) is 0 Å². The lowest BCUT2D eigenvalue weighted by molar-refractivity contribution is 0.0930. The van der Waals surface area contributed by atoms with Crippen molar-refractivity contribution < 1.29 is 9.59 Å². The van der Waals surface area contributed by atoms with Crippen LogP contribution in [0.15, 0.2) is 12.4 Å². The van der Waals surface area contributed by atoms with Gasteiger partial charge in [-0.3, -0.25) is 9.59 Å². The van der Waals surface area contributed by atoms with Crippen LogP contribution in [0, 0.1) is 5.92 Å². The van der Waals surface area contributed by atoms with Gasteiger partial charge in [0.1, 0.15) is 11.4 Å². The molecular formula is C11H14N2O2. The molecule has 0 aliphatic heterocycles. The molecule has 0 saturated carbocycles. The zero-order valence-corrected chi connectivity index (χ0v) is 9.15. The third-order valence-electron chi connectivity index (χ3n) is 2.04. The van der Waals surface area contributed by atoms with Gasteiger partial charge in [-0.05, 0) is 0 Å². The largest absolute Gasteiger partial charge is 0.292 e. The minimum atomic E-state index is -0.105. The second-order valence-corrected chi connectivity index (χ2v) is 3.58. The van der Waals surface area contributed by atoms with Crippen molar-refractivity contribution in [3.05, 3.63) is 23.8 Å². The van der Waals surface area contributed by atoms with Gasteiger partial charge in [0.05, 0.1) is 12.4 Å². The SMILES string of the molecule is CCC(=O)c1cnc(C(=O)C(C)C)cn1. The first kappa shape index (κ1) is 11.5. The van der Waals surface area contributed by atoms with E-state index in [2.05, 4.69) is 9.97 Å². The molecule has 1 heterocycles. The Morgan fingerprint density at radius 2 is 1.73 bits per heavy atom. The molecular weight excluding hydrogens is 192 g/mol. The summed E-state index contributed by atoms with van der Waals surface area (Å²) >= 11 is 0. The molecule has 0 unspecified atom stereocenters. The maximum absolute atomic E-state index is 11.5. The minimum Gasteiger partial charge on any atom is -0.292 e. The van der Waals surface area contributed by atoms with E-state index in [9.17, 15) is 9.59 Å². The Hall–Kier alpha value is -1.58. The summed E-state index contributed by atoms with van der Waals surface area (Å²) in [5.41, 5.74) is 0.635. The van der Waals surface area contributed by atoms with Crippen LogP contribution in [0.25, 0.3) is 0 Å². The molecule has 0 aromatic carbocycles. The number of carbonyl (C=O) groups is 2. The van der Waals surface area contributed by atoms with Crippen molar-refractivity contribution in [1.29, 1.82) is 0 Å². The highest BCUT2D eigenvalue weighted by molar-refractivity contribution is 5.97. The summed E-state index contributed by atoms with van der Waals surface area (Å²) in [5, 5.41) is 0. The average Bonchev–Trinajstić information content (AvgIpc) is 2.27. The van der Waals surface area contributed by atoms with Gasteiger partial charge in [-0.1, -0.05) is 20.8 Å². The summed E-state index contributed by atoms with van der Waals surface area (Å²) in [4.78, 5) is 30.6. The van der Waals surface area contributed by atoms with Crippen LogP contribution in [0.2, 0.25) is 0 Å². The lowest BCUT2D eigenvalue weighted by atomic mass is 10.1. The topological polar surface area (TPSA) is 59.9 Å². The first-order valence-corrected chi connectivity index (χ1v) is 4.95. The van der Waals surface area contributed by atoms with Crippen LogP contribution in [-0.4, -0.2) is 21.5 Å². The first-order chi connectivity index (χ1) is 7.06. The summed E-state index contributed by atoms with van der Waals surface area (Å²) in [6.45, 7) is 5.36. The van der Waals surface area contributed by atoms with E-state index < -0.39 is 0 Å². The van der Waals surface area contributed by atoms with E-state index in [1.165, 1.54) is 12.4 Å². The van der Waals surface area contributed by atoms with Gasteiger partial charge in [0.2, 0.25) is 0 Å². The normalized spacial score (nSPS) is 10.4. The Balaban J connectivity index is 2.90. The molecule has 15 heavy (non-hydrogen) atoms. The Morgan fingerprint density at radius 1 is 1.20 bits per heavy atom. The molecule has 4 nitrogen and oxygen atoms in total. The van der Waals surface area contributed by atoms with E-state index in [4.69, 9.17) is 0 Å². The molecule has 80 valence electrons. The molecule has 0 aliphatic carbocycles. The maximum Gasteiger partial charge on any atom is 0.185 e. The summed E-state index contributed by atoms with van der Waals surface area (Å²) in [5.74, 6) is -0.226.